The molecule has 0 aromatic carbocycles. The highest BCUT2D eigenvalue weighted by atomic mass is 35.5. The third kappa shape index (κ3) is 3.73. The Morgan fingerprint density at radius 1 is 1.40 bits per heavy atom. The Hall–Kier alpha value is -1.05. The number of aromatic nitrogens is 3. The van der Waals surface area contributed by atoms with Crippen LogP contribution in [0.4, 0.5) is 0 Å². The van der Waals surface area contributed by atoms with E-state index in [0.717, 1.165) is 31.4 Å². The Bertz CT molecular complexity index is 680. The van der Waals surface area contributed by atoms with Crippen molar-refractivity contribution in [3.63, 3.8) is 0 Å². The van der Waals surface area contributed by atoms with Gasteiger partial charge < -0.3 is 11.1 Å². The van der Waals surface area contributed by atoms with Crippen LogP contribution in [0.15, 0.2) is 16.6 Å². The molecule has 1 aliphatic heterocycles. The molecule has 1 amide bonds. The van der Waals surface area contributed by atoms with Crippen molar-refractivity contribution >= 4 is 29.3 Å². The van der Waals surface area contributed by atoms with Crippen molar-refractivity contribution in [2.45, 2.75) is 68.3 Å². The zero-order valence-electron chi connectivity index (χ0n) is 14.2. The van der Waals surface area contributed by atoms with Crippen LogP contribution in [0.25, 0.3) is 0 Å². The van der Waals surface area contributed by atoms with Crippen LogP contribution < -0.4 is 11.1 Å². The molecule has 1 unspecified atom stereocenters. The zero-order valence-corrected chi connectivity index (χ0v) is 15.7. The first-order valence-electron chi connectivity index (χ1n) is 9.09. The van der Waals surface area contributed by atoms with E-state index < -0.39 is 0 Å². The summed E-state index contributed by atoms with van der Waals surface area (Å²) < 4.78 is 2.48. The summed E-state index contributed by atoms with van der Waals surface area (Å²) >= 11 is 7.45. The Labute approximate surface area is 156 Å². The van der Waals surface area contributed by atoms with Crippen molar-refractivity contribution in [1.29, 1.82) is 0 Å². The summed E-state index contributed by atoms with van der Waals surface area (Å²) in [5, 5.41) is 11.7. The molecule has 25 heavy (non-hydrogen) atoms. The van der Waals surface area contributed by atoms with Gasteiger partial charge in [-0.25, -0.2) is 4.68 Å². The van der Waals surface area contributed by atoms with Gasteiger partial charge in [0.25, 0.3) is 0 Å². The highest BCUT2D eigenvalue weighted by molar-refractivity contribution is 8.06. The summed E-state index contributed by atoms with van der Waals surface area (Å²) in [5.41, 5.74) is 6.69. The second-order valence-corrected chi connectivity index (χ2v) is 9.30. The van der Waals surface area contributed by atoms with E-state index in [0.29, 0.717) is 16.7 Å². The van der Waals surface area contributed by atoms with E-state index in [9.17, 15) is 4.79 Å². The van der Waals surface area contributed by atoms with Crippen LogP contribution in [0.3, 0.4) is 0 Å². The molecular formula is C17H24ClN5OS. The molecule has 4 rings (SSSR count). The van der Waals surface area contributed by atoms with Gasteiger partial charge in [0.1, 0.15) is 11.4 Å². The molecule has 2 heterocycles. The average molecular weight is 382 g/mol. The first-order chi connectivity index (χ1) is 12.0. The summed E-state index contributed by atoms with van der Waals surface area (Å²) in [6.07, 6.45) is 12.3. The minimum atomic E-state index is -0.370. The lowest BCUT2D eigenvalue weighted by Crippen LogP contribution is -2.39. The van der Waals surface area contributed by atoms with E-state index in [-0.39, 0.29) is 22.9 Å². The van der Waals surface area contributed by atoms with Gasteiger partial charge in [0, 0.05) is 0 Å². The van der Waals surface area contributed by atoms with Crippen molar-refractivity contribution in [3.8, 4) is 0 Å². The van der Waals surface area contributed by atoms with Crippen LogP contribution in [-0.2, 0) is 10.5 Å². The van der Waals surface area contributed by atoms with Crippen LogP contribution in [0, 0.1) is 5.92 Å². The average Bonchev–Trinajstić information content (AvgIpc) is 3.04. The number of hydrogen-bond donors (Lipinski definition) is 2. The van der Waals surface area contributed by atoms with Crippen molar-refractivity contribution in [3.05, 3.63) is 22.3 Å². The Kier molecular flexibility index (Phi) is 4.81. The summed E-state index contributed by atoms with van der Waals surface area (Å²) in [6, 6.07) is -0.0936. The number of amides is 1. The van der Waals surface area contributed by atoms with E-state index in [4.69, 9.17) is 17.3 Å². The predicted octanol–water partition coefficient (Wildman–Crippen LogP) is 3.01. The Balaban J connectivity index is 1.51. The molecule has 0 spiro atoms. The van der Waals surface area contributed by atoms with Gasteiger partial charge in [-0.15, -0.1) is 16.9 Å². The van der Waals surface area contributed by atoms with Gasteiger partial charge in [-0.05, 0) is 38.0 Å². The molecule has 2 saturated carbocycles. The molecule has 0 saturated heterocycles. The molecule has 6 nitrogen and oxygen atoms in total. The maximum absolute atomic E-state index is 12.7. The van der Waals surface area contributed by atoms with E-state index in [1.807, 2.05) is 12.3 Å². The van der Waals surface area contributed by atoms with Crippen LogP contribution in [0.2, 0.25) is 0 Å². The number of carbonyl (C=O) groups is 1. The standard InChI is InChI=1S/C17H24ClN5OS/c18-14-7-6-13(25-14)16(24)20-15(11-4-2-1-3-5-11)12-10-23(22-21-12)17(19)8-9-17/h7,10-11,13,15H,1-6,8-9,19H2,(H,20,24)/t13?,15-/m0/s1. The van der Waals surface area contributed by atoms with Gasteiger partial charge in [-0.2, -0.15) is 0 Å². The molecule has 136 valence electrons. The number of thioether (sulfide) groups is 1. The second kappa shape index (κ2) is 6.93. The van der Waals surface area contributed by atoms with E-state index in [1.54, 1.807) is 4.68 Å². The second-order valence-electron chi connectivity index (χ2n) is 7.43. The minimum absolute atomic E-state index is 0.0379. The molecule has 1 aromatic heterocycles. The Morgan fingerprint density at radius 2 is 2.16 bits per heavy atom. The van der Waals surface area contributed by atoms with E-state index >= 15 is 0 Å². The summed E-state index contributed by atoms with van der Waals surface area (Å²) in [4.78, 5) is 12.7. The third-order valence-corrected chi connectivity index (χ3v) is 7.01. The van der Waals surface area contributed by atoms with Gasteiger partial charge in [0.2, 0.25) is 5.91 Å². The maximum atomic E-state index is 12.7. The van der Waals surface area contributed by atoms with Crippen molar-refractivity contribution < 1.29 is 4.79 Å². The molecule has 2 atom stereocenters. The molecule has 3 aliphatic rings. The normalized spacial score (nSPS) is 27.0. The molecular weight excluding hydrogens is 358 g/mol. The topological polar surface area (TPSA) is 85.8 Å². The summed E-state index contributed by atoms with van der Waals surface area (Å²) in [6.45, 7) is 0. The first kappa shape index (κ1) is 17.4. The quantitative estimate of drug-likeness (QED) is 0.818. The number of nitrogens with zero attached hydrogens (tertiary/aromatic N) is 3. The minimum Gasteiger partial charge on any atom is -0.346 e. The summed E-state index contributed by atoms with van der Waals surface area (Å²) in [5.74, 6) is 0.446. The largest absolute Gasteiger partial charge is 0.346 e. The number of nitrogens with one attached hydrogen (secondary N) is 1. The SMILES string of the molecule is NC1(n2cc([C@@H](NC(=O)C3CC=C(Cl)S3)C3CCCCC3)nn2)CC1. The molecule has 3 N–H and O–H groups in total. The fourth-order valence-corrected chi connectivity index (χ4v) is 4.98. The summed E-state index contributed by atoms with van der Waals surface area (Å²) in [7, 11) is 0. The van der Waals surface area contributed by atoms with Crippen molar-refractivity contribution in [2.24, 2.45) is 11.7 Å². The van der Waals surface area contributed by atoms with Crippen molar-refractivity contribution in [1.82, 2.24) is 20.3 Å². The number of allylic oxidation sites excluding steroid dienone is 1. The van der Waals surface area contributed by atoms with Gasteiger partial charge in [-0.3, -0.25) is 4.79 Å². The monoisotopic (exact) mass is 381 g/mol. The number of hydrogen-bond acceptors (Lipinski definition) is 5. The molecule has 1 aromatic rings. The third-order valence-electron chi connectivity index (χ3n) is 5.51. The number of nitrogens with two attached hydrogens (primary N) is 1. The Morgan fingerprint density at radius 3 is 2.80 bits per heavy atom. The number of carbonyl (C=O) groups excluding carboxylic acids is 1. The van der Waals surface area contributed by atoms with Gasteiger partial charge in [0.15, 0.2) is 0 Å². The van der Waals surface area contributed by atoms with E-state index in [1.165, 1.54) is 31.0 Å². The van der Waals surface area contributed by atoms with Gasteiger partial charge >= 0.3 is 0 Å². The van der Waals surface area contributed by atoms with Crippen LogP contribution in [0.5, 0.6) is 0 Å². The fourth-order valence-electron chi connectivity index (χ4n) is 3.73. The fraction of sp³-hybridized carbons (Fsp3) is 0.706. The van der Waals surface area contributed by atoms with Crippen LogP contribution in [-0.4, -0.2) is 26.2 Å². The highest BCUT2D eigenvalue weighted by Crippen LogP contribution is 2.39. The number of halogens is 1. The lowest BCUT2D eigenvalue weighted by Gasteiger charge is -2.30. The molecule has 2 aliphatic carbocycles. The molecule has 0 radical (unpaired) electrons. The van der Waals surface area contributed by atoms with Crippen molar-refractivity contribution in [2.75, 3.05) is 0 Å². The van der Waals surface area contributed by atoms with Crippen LogP contribution in [0.1, 0.15) is 63.1 Å². The lowest BCUT2D eigenvalue weighted by molar-refractivity contribution is -0.121. The molecule has 8 heteroatoms. The predicted molar refractivity (Wildman–Crippen MR) is 98.8 cm³/mol. The van der Waals surface area contributed by atoms with E-state index in [2.05, 4.69) is 15.6 Å². The molecule has 2 fully saturated rings. The van der Waals surface area contributed by atoms with Gasteiger partial charge in [0.05, 0.1) is 21.9 Å². The lowest BCUT2D eigenvalue weighted by atomic mass is 9.82. The highest BCUT2D eigenvalue weighted by Gasteiger charge is 2.42. The number of rotatable bonds is 5. The van der Waals surface area contributed by atoms with Gasteiger partial charge in [-0.1, -0.05) is 42.2 Å². The smallest absolute Gasteiger partial charge is 0.234 e. The van der Waals surface area contributed by atoms with Crippen LogP contribution >= 0.6 is 23.4 Å². The molecule has 0 bridgehead atoms. The maximum Gasteiger partial charge on any atom is 0.234 e. The zero-order chi connectivity index (χ0) is 17.4. The first-order valence-corrected chi connectivity index (χ1v) is 10.4.